The molecule has 2 aromatic carbocycles. The van der Waals surface area contributed by atoms with Gasteiger partial charge in [-0.05, 0) is 61.4 Å². The maximum Gasteiger partial charge on any atom is 0.387 e. The smallest absolute Gasteiger partial charge is 0.387 e. The lowest BCUT2D eigenvalue weighted by atomic mass is 10.2. The fourth-order valence-corrected chi connectivity index (χ4v) is 4.47. The van der Waals surface area contributed by atoms with Gasteiger partial charge in [0.1, 0.15) is 5.75 Å². The number of amides is 1. The lowest BCUT2D eigenvalue weighted by Crippen LogP contribution is -2.35. The van der Waals surface area contributed by atoms with Crippen LogP contribution in [0.15, 0.2) is 53.4 Å². The van der Waals surface area contributed by atoms with Crippen LogP contribution >= 0.6 is 0 Å². The first-order valence-corrected chi connectivity index (χ1v) is 10.3. The highest BCUT2D eigenvalue weighted by Crippen LogP contribution is 2.22. The van der Waals surface area contributed by atoms with E-state index in [0.29, 0.717) is 18.8 Å². The van der Waals surface area contributed by atoms with Crippen molar-refractivity contribution in [2.75, 3.05) is 18.4 Å². The van der Waals surface area contributed by atoms with Crippen molar-refractivity contribution in [1.82, 2.24) is 4.31 Å². The molecule has 0 aromatic heterocycles. The highest BCUT2D eigenvalue weighted by Gasteiger charge is 2.25. The molecule has 1 aliphatic heterocycles. The number of hydrogen-bond donors (Lipinski definition) is 1. The molecule has 9 heteroatoms. The highest BCUT2D eigenvalue weighted by molar-refractivity contribution is 7.89. The van der Waals surface area contributed by atoms with Crippen molar-refractivity contribution in [3.05, 3.63) is 54.1 Å². The molecule has 0 unspecified atom stereocenters. The van der Waals surface area contributed by atoms with E-state index in [0.717, 1.165) is 19.3 Å². The Balaban J connectivity index is 1.66. The maximum absolute atomic E-state index is 12.6. The Kier molecular flexibility index (Phi) is 6.25. The van der Waals surface area contributed by atoms with Crippen molar-refractivity contribution < 1.29 is 26.7 Å². The summed E-state index contributed by atoms with van der Waals surface area (Å²) in [7, 11) is -3.53. The molecule has 1 fully saturated rings. The zero-order chi connectivity index (χ0) is 20.1. The van der Waals surface area contributed by atoms with Crippen LogP contribution in [0.3, 0.4) is 0 Å². The van der Waals surface area contributed by atoms with Crippen LogP contribution in [0.4, 0.5) is 14.5 Å². The van der Waals surface area contributed by atoms with Gasteiger partial charge in [0, 0.05) is 24.3 Å². The Hall–Kier alpha value is -2.52. The molecule has 0 aliphatic carbocycles. The summed E-state index contributed by atoms with van der Waals surface area (Å²) in [5.41, 5.74) is 0.683. The second-order valence-corrected chi connectivity index (χ2v) is 8.28. The number of benzene rings is 2. The van der Waals surface area contributed by atoms with E-state index in [1.807, 2.05) is 0 Å². The lowest BCUT2D eigenvalue weighted by molar-refractivity contribution is -0.0498. The minimum Gasteiger partial charge on any atom is -0.435 e. The molecular formula is C19H20F2N2O4S. The van der Waals surface area contributed by atoms with Crippen molar-refractivity contribution in [1.29, 1.82) is 0 Å². The molecule has 0 atom stereocenters. The molecule has 2 aromatic rings. The number of ether oxygens (including phenoxy) is 1. The largest absolute Gasteiger partial charge is 0.435 e. The molecule has 1 amide bonds. The van der Waals surface area contributed by atoms with Crippen molar-refractivity contribution >= 4 is 21.6 Å². The second-order valence-electron chi connectivity index (χ2n) is 6.35. The van der Waals surface area contributed by atoms with Crippen LogP contribution in [0.2, 0.25) is 0 Å². The number of carbonyl (C=O) groups excluding carboxylic acids is 1. The highest BCUT2D eigenvalue weighted by atomic mass is 32.2. The lowest BCUT2D eigenvalue weighted by Gasteiger charge is -2.25. The van der Waals surface area contributed by atoms with Crippen molar-refractivity contribution in [3.63, 3.8) is 0 Å². The quantitative estimate of drug-likeness (QED) is 0.788. The summed E-state index contributed by atoms with van der Waals surface area (Å²) < 4.78 is 55.3. The minimum atomic E-state index is -3.53. The standard InChI is InChI=1S/C19H20F2N2O4S/c20-19(21)27-16-8-4-14(5-9-16)18(24)22-15-6-10-17(11-7-15)28(25,26)23-12-2-1-3-13-23/h4-11,19H,1-3,12-13H2,(H,22,24). The van der Waals surface area contributed by atoms with E-state index in [4.69, 9.17) is 0 Å². The molecule has 0 radical (unpaired) electrons. The number of piperidine rings is 1. The fraction of sp³-hybridized carbons (Fsp3) is 0.316. The van der Waals surface area contributed by atoms with Crippen molar-refractivity contribution in [2.45, 2.75) is 30.8 Å². The average molecular weight is 410 g/mol. The number of rotatable bonds is 6. The summed E-state index contributed by atoms with van der Waals surface area (Å²) >= 11 is 0. The van der Waals surface area contributed by atoms with E-state index in [1.165, 1.54) is 52.8 Å². The van der Waals surface area contributed by atoms with Gasteiger partial charge in [0.15, 0.2) is 0 Å². The van der Waals surface area contributed by atoms with Gasteiger partial charge >= 0.3 is 6.61 Å². The van der Waals surface area contributed by atoms with E-state index in [-0.39, 0.29) is 16.2 Å². The van der Waals surface area contributed by atoms with Gasteiger partial charge in [-0.1, -0.05) is 6.42 Å². The number of carbonyl (C=O) groups is 1. The fourth-order valence-electron chi connectivity index (χ4n) is 2.96. The van der Waals surface area contributed by atoms with Crippen LogP contribution < -0.4 is 10.1 Å². The Morgan fingerprint density at radius 2 is 1.57 bits per heavy atom. The molecule has 0 bridgehead atoms. The Morgan fingerprint density at radius 1 is 0.964 bits per heavy atom. The number of anilines is 1. The van der Waals surface area contributed by atoms with Gasteiger partial charge in [0.2, 0.25) is 10.0 Å². The number of hydrogen-bond acceptors (Lipinski definition) is 4. The summed E-state index contributed by atoms with van der Waals surface area (Å²) in [6.45, 7) is -1.89. The van der Waals surface area contributed by atoms with Gasteiger partial charge in [-0.2, -0.15) is 13.1 Å². The first-order chi connectivity index (χ1) is 13.4. The molecule has 28 heavy (non-hydrogen) atoms. The van der Waals surface area contributed by atoms with E-state index < -0.39 is 22.5 Å². The van der Waals surface area contributed by atoms with Crippen molar-refractivity contribution in [2.24, 2.45) is 0 Å². The van der Waals surface area contributed by atoms with Crippen LogP contribution in [0.25, 0.3) is 0 Å². The van der Waals surface area contributed by atoms with E-state index >= 15 is 0 Å². The third kappa shape index (κ3) is 4.85. The molecule has 0 saturated carbocycles. The third-order valence-electron chi connectivity index (χ3n) is 4.41. The number of nitrogens with zero attached hydrogens (tertiary/aromatic N) is 1. The number of nitrogens with one attached hydrogen (secondary N) is 1. The molecule has 1 aliphatic rings. The summed E-state index contributed by atoms with van der Waals surface area (Å²) in [6, 6.07) is 11.2. The molecule has 1 N–H and O–H groups in total. The summed E-state index contributed by atoms with van der Waals surface area (Å²) in [6.07, 6.45) is 2.75. The topological polar surface area (TPSA) is 75.7 Å². The van der Waals surface area contributed by atoms with Gasteiger partial charge in [-0.15, -0.1) is 0 Å². The molecule has 0 spiro atoms. The first-order valence-electron chi connectivity index (χ1n) is 8.83. The van der Waals surface area contributed by atoms with E-state index in [9.17, 15) is 22.0 Å². The number of sulfonamides is 1. The molecule has 6 nitrogen and oxygen atoms in total. The van der Waals surface area contributed by atoms with Gasteiger partial charge in [0.25, 0.3) is 5.91 Å². The second kappa shape index (κ2) is 8.66. The minimum absolute atomic E-state index is 0.0428. The van der Waals surface area contributed by atoms with Gasteiger partial charge in [0.05, 0.1) is 4.90 Å². The van der Waals surface area contributed by atoms with Crippen LogP contribution in [0, 0.1) is 0 Å². The SMILES string of the molecule is O=C(Nc1ccc(S(=O)(=O)N2CCCCC2)cc1)c1ccc(OC(F)F)cc1. The Labute approximate surface area is 162 Å². The predicted octanol–water partition coefficient (Wildman–Crippen LogP) is 3.71. The maximum atomic E-state index is 12.6. The van der Waals surface area contributed by atoms with E-state index in [1.54, 1.807) is 0 Å². The summed E-state index contributed by atoms with van der Waals surface area (Å²) in [4.78, 5) is 12.4. The molecule has 1 heterocycles. The molecule has 150 valence electrons. The van der Waals surface area contributed by atoms with Gasteiger partial charge in [-0.3, -0.25) is 4.79 Å². The summed E-state index contributed by atoms with van der Waals surface area (Å²) in [5.74, 6) is -0.492. The Bertz CT molecular complexity index is 910. The first kappa shape index (κ1) is 20.2. The zero-order valence-electron chi connectivity index (χ0n) is 15.0. The Morgan fingerprint density at radius 3 is 2.14 bits per heavy atom. The normalized spacial score (nSPS) is 15.4. The summed E-state index contributed by atoms with van der Waals surface area (Å²) in [5, 5.41) is 2.64. The number of halogens is 2. The van der Waals surface area contributed by atoms with Crippen LogP contribution in [0.5, 0.6) is 5.75 Å². The van der Waals surface area contributed by atoms with Crippen molar-refractivity contribution in [3.8, 4) is 5.75 Å². The molecule has 3 rings (SSSR count). The average Bonchev–Trinajstić information content (AvgIpc) is 2.69. The van der Waals surface area contributed by atoms with Crippen LogP contribution in [-0.2, 0) is 10.0 Å². The van der Waals surface area contributed by atoms with Gasteiger partial charge in [-0.25, -0.2) is 8.42 Å². The third-order valence-corrected chi connectivity index (χ3v) is 6.32. The number of alkyl halides is 2. The zero-order valence-corrected chi connectivity index (χ0v) is 15.8. The molecule has 1 saturated heterocycles. The van der Waals surface area contributed by atoms with Crippen LogP contribution in [-0.4, -0.2) is 38.3 Å². The van der Waals surface area contributed by atoms with Gasteiger partial charge < -0.3 is 10.1 Å². The predicted molar refractivity (Wildman–Crippen MR) is 100 cm³/mol. The van der Waals surface area contributed by atoms with E-state index in [2.05, 4.69) is 10.1 Å². The molecular weight excluding hydrogens is 390 g/mol. The van der Waals surface area contributed by atoms with Crippen LogP contribution in [0.1, 0.15) is 29.6 Å². The monoisotopic (exact) mass is 410 g/mol.